The Hall–Kier alpha value is -1.94. The molecule has 648 valence electrons. The fourth-order valence-corrected chi connectivity index (χ4v) is 15.7. The van der Waals surface area contributed by atoms with E-state index in [9.17, 15) is 43.2 Å². The van der Waals surface area contributed by atoms with Crippen LogP contribution in [0.1, 0.15) is 490 Å². The third-order valence-corrected chi connectivity index (χ3v) is 23.5. The summed E-state index contributed by atoms with van der Waals surface area (Å²) in [6, 6.07) is 0. The molecule has 0 aromatic heterocycles. The molecule has 0 aliphatic heterocycles. The van der Waals surface area contributed by atoms with E-state index in [0.717, 1.165) is 95.8 Å². The highest BCUT2D eigenvalue weighted by Gasteiger charge is 2.31. The molecule has 17 nitrogen and oxygen atoms in total. The summed E-state index contributed by atoms with van der Waals surface area (Å²) in [4.78, 5) is 73.4. The normalized spacial score (nSPS) is 13.9. The van der Waals surface area contributed by atoms with Crippen LogP contribution < -0.4 is 0 Å². The van der Waals surface area contributed by atoms with Crippen LogP contribution in [0.4, 0.5) is 0 Å². The van der Waals surface area contributed by atoms with Crippen LogP contribution in [0.15, 0.2) is 0 Å². The molecule has 0 radical (unpaired) electrons. The molecule has 0 aliphatic carbocycles. The van der Waals surface area contributed by atoms with E-state index in [-0.39, 0.29) is 25.7 Å². The predicted octanol–water partition coefficient (Wildman–Crippen LogP) is 27.9. The second-order valence-corrected chi connectivity index (χ2v) is 35.5. The van der Waals surface area contributed by atoms with Crippen molar-refractivity contribution >= 4 is 39.5 Å². The van der Waals surface area contributed by atoms with Gasteiger partial charge in [-0.15, -0.1) is 0 Å². The largest absolute Gasteiger partial charge is 0.472 e. The van der Waals surface area contributed by atoms with Crippen molar-refractivity contribution in [1.29, 1.82) is 0 Å². The zero-order chi connectivity index (χ0) is 79.7. The maximum atomic E-state index is 13.2. The molecule has 0 aromatic carbocycles. The summed E-state index contributed by atoms with van der Waals surface area (Å²) >= 11 is 0. The molecule has 6 atom stereocenters. The quantitative estimate of drug-likeness (QED) is 0.0222. The lowest BCUT2D eigenvalue weighted by atomic mass is 9.99. The third kappa shape index (κ3) is 82.4. The van der Waals surface area contributed by atoms with E-state index >= 15 is 0 Å². The van der Waals surface area contributed by atoms with Crippen LogP contribution in [0.5, 0.6) is 0 Å². The second kappa shape index (κ2) is 82.6. The van der Waals surface area contributed by atoms with Gasteiger partial charge in [-0.05, 0) is 31.6 Å². The molecule has 3 N–H and O–H groups in total. The van der Waals surface area contributed by atoms with Gasteiger partial charge in [-0.2, -0.15) is 0 Å². The van der Waals surface area contributed by atoms with Crippen LogP contribution in [-0.2, 0) is 65.4 Å². The average molecular weight is 1590 g/mol. The van der Waals surface area contributed by atoms with Crippen molar-refractivity contribution in [2.75, 3.05) is 39.6 Å². The first-order valence-corrected chi connectivity index (χ1v) is 49.7. The molecule has 0 spiro atoms. The first kappa shape index (κ1) is 107. The topological polar surface area (TPSA) is 237 Å². The smallest absolute Gasteiger partial charge is 0.462 e. The van der Waals surface area contributed by atoms with Crippen LogP contribution in [0.3, 0.4) is 0 Å². The first-order chi connectivity index (χ1) is 53.1. The van der Waals surface area contributed by atoms with E-state index in [1.165, 1.54) is 315 Å². The summed E-state index contributed by atoms with van der Waals surface area (Å²) in [5.41, 5.74) is 0. The summed E-state index contributed by atoms with van der Waals surface area (Å²) < 4.78 is 69.0. The zero-order valence-electron chi connectivity index (χ0n) is 71.7. The molecule has 0 heterocycles. The fraction of sp³-hybridized carbons (Fsp3) is 0.956. The van der Waals surface area contributed by atoms with Gasteiger partial charge >= 0.3 is 39.5 Å². The molecule has 0 saturated carbocycles. The molecule has 3 unspecified atom stereocenters. The van der Waals surface area contributed by atoms with Crippen molar-refractivity contribution in [3.8, 4) is 0 Å². The molecule has 109 heavy (non-hydrogen) atoms. The van der Waals surface area contributed by atoms with E-state index in [4.69, 9.17) is 37.0 Å². The maximum Gasteiger partial charge on any atom is 0.472 e. The van der Waals surface area contributed by atoms with Crippen molar-refractivity contribution in [3.63, 3.8) is 0 Å². The molecular formula is C90H176O17P2. The van der Waals surface area contributed by atoms with Gasteiger partial charge < -0.3 is 33.8 Å². The summed E-state index contributed by atoms with van der Waals surface area (Å²) in [6.45, 7) is 7.39. The third-order valence-electron chi connectivity index (χ3n) is 21.6. The van der Waals surface area contributed by atoms with Gasteiger partial charge in [0.25, 0.3) is 0 Å². The number of carbonyl (C=O) groups excluding carboxylic acids is 4. The number of rotatable bonds is 90. The van der Waals surface area contributed by atoms with Gasteiger partial charge in [0, 0.05) is 25.7 Å². The summed E-state index contributed by atoms with van der Waals surface area (Å²) in [6.07, 6.45) is 77.9. The number of esters is 4. The number of phosphoric acid groups is 2. The zero-order valence-corrected chi connectivity index (χ0v) is 73.5. The molecular weight excluding hydrogens is 1410 g/mol. The minimum atomic E-state index is -4.97. The minimum Gasteiger partial charge on any atom is -0.462 e. The molecule has 19 heteroatoms. The number of hydrogen-bond donors (Lipinski definition) is 3. The number of carbonyl (C=O) groups is 4. The first-order valence-electron chi connectivity index (χ1n) is 46.7. The Morgan fingerprint density at radius 1 is 0.257 bits per heavy atom. The monoisotopic (exact) mass is 1590 g/mol. The van der Waals surface area contributed by atoms with Crippen LogP contribution in [0.2, 0.25) is 0 Å². The van der Waals surface area contributed by atoms with Gasteiger partial charge in [0.15, 0.2) is 12.2 Å². The fourth-order valence-electron chi connectivity index (χ4n) is 14.1. The lowest BCUT2D eigenvalue weighted by Gasteiger charge is -2.21. The van der Waals surface area contributed by atoms with Gasteiger partial charge in [-0.1, -0.05) is 439 Å². The Morgan fingerprint density at radius 3 is 0.651 bits per heavy atom. The van der Waals surface area contributed by atoms with E-state index in [1.54, 1.807) is 0 Å². The average Bonchev–Trinajstić information content (AvgIpc) is 0.874. The minimum absolute atomic E-state index is 0.108. The van der Waals surface area contributed by atoms with Crippen molar-refractivity contribution in [1.82, 2.24) is 0 Å². The molecule has 0 fully saturated rings. The molecule has 0 amide bonds. The Kier molecular flexibility index (Phi) is 81.1. The standard InChI is InChI=1S/C90H176O17P2/c1-6-10-13-16-19-22-25-28-31-33-35-37-39-41-44-46-49-52-58-63-68-73-87(92)100-79-85(106-89(94)76-71-66-61-54-51-48-45-42-40-38-36-34-32-29-26-23-20-17-14-11-7-2)81-104-108(96,97)102-77-84(91)78-103-109(98,99)105-82-86(80-101-88(93)74-69-64-59-56-55-57-62-67-72-83(5)9-4)107-90(95)75-70-65-60-53-50-47-43-30-27-24-21-18-15-12-8-3/h83-86,91H,6-82H2,1-5H3,(H,96,97)(H,98,99)/t83?,84-,85-,86-/m1/s1. The Labute approximate surface area is 670 Å². The lowest BCUT2D eigenvalue weighted by Crippen LogP contribution is -2.30. The Balaban J connectivity index is 5.24. The van der Waals surface area contributed by atoms with Crippen molar-refractivity contribution < 1.29 is 80.2 Å². The van der Waals surface area contributed by atoms with Crippen molar-refractivity contribution in [2.24, 2.45) is 5.92 Å². The second-order valence-electron chi connectivity index (χ2n) is 32.6. The number of unbranched alkanes of at least 4 members (excludes halogenated alkanes) is 61. The van der Waals surface area contributed by atoms with Gasteiger partial charge in [0.05, 0.1) is 26.4 Å². The van der Waals surface area contributed by atoms with E-state index in [1.807, 2.05) is 0 Å². The molecule has 0 rings (SSSR count). The summed E-state index contributed by atoms with van der Waals surface area (Å²) in [5, 5.41) is 10.7. The molecule has 0 aromatic rings. The van der Waals surface area contributed by atoms with Crippen LogP contribution in [0, 0.1) is 5.92 Å². The van der Waals surface area contributed by atoms with Gasteiger partial charge in [0.1, 0.15) is 19.3 Å². The van der Waals surface area contributed by atoms with E-state index in [0.29, 0.717) is 25.7 Å². The van der Waals surface area contributed by atoms with Crippen molar-refractivity contribution in [3.05, 3.63) is 0 Å². The lowest BCUT2D eigenvalue weighted by molar-refractivity contribution is -0.161. The van der Waals surface area contributed by atoms with E-state index < -0.39 is 97.5 Å². The highest BCUT2D eigenvalue weighted by molar-refractivity contribution is 7.47. The van der Waals surface area contributed by atoms with E-state index in [2.05, 4.69) is 34.6 Å². The summed E-state index contributed by atoms with van der Waals surface area (Å²) in [5.74, 6) is -1.32. The molecule has 0 aliphatic rings. The number of hydrogen-bond acceptors (Lipinski definition) is 15. The van der Waals surface area contributed by atoms with Gasteiger partial charge in [-0.25, -0.2) is 9.13 Å². The number of aliphatic hydroxyl groups excluding tert-OH is 1. The number of phosphoric ester groups is 2. The van der Waals surface area contributed by atoms with Crippen LogP contribution >= 0.6 is 15.6 Å². The molecule has 0 bridgehead atoms. The van der Waals surface area contributed by atoms with Crippen LogP contribution in [0.25, 0.3) is 0 Å². The summed E-state index contributed by atoms with van der Waals surface area (Å²) in [7, 11) is -9.93. The highest BCUT2D eigenvalue weighted by Crippen LogP contribution is 2.45. The maximum absolute atomic E-state index is 13.2. The predicted molar refractivity (Wildman–Crippen MR) is 451 cm³/mol. The number of aliphatic hydroxyl groups is 1. The highest BCUT2D eigenvalue weighted by atomic mass is 31.2. The van der Waals surface area contributed by atoms with Gasteiger partial charge in [-0.3, -0.25) is 37.3 Å². The number of ether oxygens (including phenoxy) is 4. The Morgan fingerprint density at radius 2 is 0.440 bits per heavy atom. The van der Waals surface area contributed by atoms with Gasteiger partial charge in [0.2, 0.25) is 0 Å². The Bertz CT molecular complexity index is 2070. The van der Waals surface area contributed by atoms with Crippen LogP contribution in [-0.4, -0.2) is 96.7 Å². The molecule has 0 saturated heterocycles. The van der Waals surface area contributed by atoms with Crippen molar-refractivity contribution in [2.45, 2.75) is 509 Å². The SMILES string of the molecule is CCCCCCCCCCCCCCCCCCCCCCCC(=O)OC[C@H](COP(=O)(O)OC[C@@H](O)COP(=O)(O)OC[C@@H](COC(=O)CCCCCCCCCCC(C)CC)OC(=O)CCCCCCCCCCCCCCCCC)OC(=O)CCCCCCCCCCCCCCCCCCCCCCC.